The largest absolute Gasteiger partial charge is 0.497 e. The van der Waals surface area contributed by atoms with Crippen LogP contribution in [-0.2, 0) is 19.6 Å². The molecule has 11 heteroatoms. The lowest BCUT2D eigenvalue weighted by Crippen LogP contribution is -2.36. The lowest BCUT2D eigenvalue weighted by molar-refractivity contribution is -0.147. The number of ether oxygens (including phenoxy) is 2. The van der Waals surface area contributed by atoms with E-state index in [1.807, 2.05) is 0 Å². The molecule has 188 valence electrons. The van der Waals surface area contributed by atoms with Gasteiger partial charge in [-0.05, 0) is 49.6 Å². The molecular formula is C24H29N3O7S. The van der Waals surface area contributed by atoms with E-state index in [9.17, 15) is 23.1 Å². The van der Waals surface area contributed by atoms with Crippen molar-refractivity contribution < 1.29 is 32.6 Å². The van der Waals surface area contributed by atoms with Gasteiger partial charge in [-0.1, -0.05) is 25.0 Å². The molecule has 2 aromatic rings. The Bertz CT molecular complexity index is 1210. The van der Waals surface area contributed by atoms with Crippen molar-refractivity contribution in [3.05, 3.63) is 48.0 Å². The van der Waals surface area contributed by atoms with Gasteiger partial charge in [0.1, 0.15) is 16.4 Å². The third-order valence-electron chi connectivity index (χ3n) is 5.98. The molecule has 1 aliphatic carbocycles. The molecule has 1 fully saturated rings. The van der Waals surface area contributed by atoms with Gasteiger partial charge in [0.25, 0.3) is 10.0 Å². The van der Waals surface area contributed by atoms with Crippen molar-refractivity contribution in [2.45, 2.75) is 37.5 Å². The summed E-state index contributed by atoms with van der Waals surface area (Å²) < 4.78 is 35.8. The second-order valence-electron chi connectivity index (χ2n) is 8.21. The number of sulfonamides is 1. The molecule has 0 heterocycles. The van der Waals surface area contributed by atoms with Crippen LogP contribution in [-0.4, -0.2) is 45.3 Å². The zero-order chi connectivity index (χ0) is 25.6. The normalized spacial score (nSPS) is 18.4. The molecule has 10 nitrogen and oxygen atoms in total. The molecule has 0 aromatic heterocycles. The highest BCUT2D eigenvalue weighted by Crippen LogP contribution is 2.31. The Morgan fingerprint density at radius 3 is 2.26 bits per heavy atom. The average molecular weight is 504 g/mol. The fraction of sp³-hybridized carbons (Fsp3) is 0.375. The summed E-state index contributed by atoms with van der Waals surface area (Å²) in [6.45, 7) is 1.64. The first-order valence-corrected chi connectivity index (χ1v) is 12.6. The minimum absolute atomic E-state index is 0.115. The molecule has 0 spiro atoms. The summed E-state index contributed by atoms with van der Waals surface area (Å²) in [5.41, 5.74) is 1.54. The summed E-state index contributed by atoms with van der Waals surface area (Å²) in [5.74, 6) is -1.99. The van der Waals surface area contributed by atoms with Crippen LogP contribution in [0.3, 0.4) is 0 Å². The van der Waals surface area contributed by atoms with Crippen molar-refractivity contribution >= 4 is 33.3 Å². The first kappa shape index (κ1) is 26.0. The van der Waals surface area contributed by atoms with E-state index in [4.69, 9.17) is 9.47 Å². The molecule has 3 rings (SSSR count). The number of rotatable bonds is 9. The van der Waals surface area contributed by atoms with E-state index in [1.165, 1.54) is 26.4 Å². The Morgan fingerprint density at radius 2 is 1.66 bits per heavy atom. The van der Waals surface area contributed by atoms with Gasteiger partial charge in [-0.25, -0.2) is 0 Å². The number of nitrogens with zero attached hydrogens (tertiary/aromatic N) is 1. The summed E-state index contributed by atoms with van der Waals surface area (Å²) in [4.78, 5) is 26.2. The number of benzene rings is 2. The molecule has 0 bridgehead atoms. The number of hydrazone groups is 1. The maximum absolute atomic E-state index is 12.8. The van der Waals surface area contributed by atoms with Crippen molar-refractivity contribution in [2.75, 3.05) is 19.5 Å². The molecule has 1 saturated carbocycles. The zero-order valence-corrected chi connectivity index (χ0v) is 20.6. The number of methoxy groups -OCH3 is 2. The number of carbonyl (C=O) groups excluding carboxylic acids is 1. The van der Waals surface area contributed by atoms with Crippen LogP contribution < -0.4 is 19.6 Å². The Balaban J connectivity index is 1.70. The summed E-state index contributed by atoms with van der Waals surface area (Å²) in [6, 6.07) is 11.1. The number of carbonyl (C=O) groups is 2. The number of hydrogen-bond acceptors (Lipinski definition) is 7. The van der Waals surface area contributed by atoms with E-state index in [2.05, 4.69) is 15.2 Å². The lowest BCUT2D eigenvalue weighted by Gasteiger charge is -2.27. The quantitative estimate of drug-likeness (QED) is 0.352. The van der Waals surface area contributed by atoms with Crippen LogP contribution in [0.15, 0.2) is 52.5 Å². The summed E-state index contributed by atoms with van der Waals surface area (Å²) >= 11 is 0. The van der Waals surface area contributed by atoms with Crippen LogP contribution in [0.5, 0.6) is 11.5 Å². The van der Waals surface area contributed by atoms with Crippen molar-refractivity contribution in [2.24, 2.45) is 16.9 Å². The fourth-order valence-corrected chi connectivity index (χ4v) is 5.05. The number of amides is 1. The van der Waals surface area contributed by atoms with Gasteiger partial charge >= 0.3 is 5.97 Å². The molecule has 0 aliphatic heterocycles. The van der Waals surface area contributed by atoms with Crippen LogP contribution in [0, 0.1) is 11.8 Å². The summed E-state index contributed by atoms with van der Waals surface area (Å²) in [6.07, 6.45) is 2.68. The molecule has 1 amide bonds. The predicted octanol–water partition coefficient (Wildman–Crippen LogP) is 3.24. The summed E-state index contributed by atoms with van der Waals surface area (Å²) in [5, 5.41) is 16.2. The first-order valence-electron chi connectivity index (χ1n) is 11.1. The number of carboxylic acid groups (broad SMARTS) is 1. The Kier molecular flexibility index (Phi) is 8.34. The highest BCUT2D eigenvalue weighted by molar-refractivity contribution is 7.89. The maximum atomic E-state index is 12.8. The second kappa shape index (κ2) is 11.2. The van der Waals surface area contributed by atoms with E-state index < -0.39 is 27.8 Å². The standard InChI is InChI=1S/C24H29N3O7S/c1-15(26-27-35(31,32)22-14-18(33-2)12-13-21(22)34-3)16-8-10-17(11-9-16)25-23(28)19-6-4-5-7-20(19)24(29)30/h8-14,19-20,27H,4-7H2,1-3H3,(H,25,28)(H,29,30). The van der Waals surface area contributed by atoms with Gasteiger partial charge in [-0.3, -0.25) is 9.59 Å². The van der Waals surface area contributed by atoms with Gasteiger partial charge in [0, 0.05) is 11.8 Å². The van der Waals surface area contributed by atoms with E-state index in [1.54, 1.807) is 37.3 Å². The van der Waals surface area contributed by atoms with Crippen LogP contribution in [0.2, 0.25) is 0 Å². The number of anilines is 1. The van der Waals surface area contributed by atoms with E-state index >= 15 is 0 Å². The van der Waals surface area contributed by atoms with Gasteiger partial charge in [-0.2, -0.15) is 18.4 Å². The Morgan fingerprint density at radius 1 is 1.00 bits per heavy atom. The fourth-order valence-electron chi connectivity index (χ4n) is 4.01. The SMILES string of the molecule is COc1ccc(OC)c(S(=O)(=O)NN=C(C)c2ccc(NC(=O)C3CCCCC3C(=O)O)cc2)c1. The molecule has 0 radical (unpaired) electrons. The Hall–Kier alpha value is -3.60. The van der Waals surface area contributed by atoms with Crippen molar-refractivity contribution in [1.82, 2.24) is 4.83 Å². The van der Waals surface area contributed by atoms with E-state index in [0.717, 1.165) is 12.8 Å². The number of carboxylic acids is 1. The highest BCUT2D eigenvalue weighted by Gasteiger charge is 2.35. The molecule has 2 aromatic carbocycles. The molecule has 0 saturated heterocycles. The van der Waals surface area contributed by atoms with Gasteiger partial charge in [0.05, 0.1) is 31.8 Å². The molecule has 2 atom stereocenters. The molecule has 35 heavy (non-hydrogen) atoms. The van der Waals surface area contributed by atoms with Crippen molar-refractivity contribution in [3.8, 4) is 11.5 Å². The first-order chi connectivity index (χ1) is 16.7. The van der Waals surface area contributed by atoms with Crippen LogP contribution in [0.4, 0.5) is 5.69 Å². The van der Waals surface area contributed by atoms with E-state index in [0.29, 0.717) is 35.6 Å². The lowest BCUT2D eigenvalue weighted by atomic mass is 9.78. The number of nitrogens with one attached hydrogen (secondary N) is 2. The number of hydrogen-bond donors (Lipinski definition) is 3. The molecule has 2 unspecified atom stereocenters. The molecular weight excluding hydrogens is 474 g/mol. The van der Waals surface area contributed by atoms with Gasteiger partial charge < -0.3 is 19.9 Å². The van der Waals surface area contributed by atoms with Crippen LogP contribution >= 0.6 is 0 Å². The van der Waals surface area contributed by atoms with E-state index in [-0.39, 0.29) is 16.6 Å². The van der Waals surface area contributed by atoms with Crippen LogP contribution in [0.25, 0.3) is 0 Å². The second-order valence-corrected chi connectivity index (χ2v) is 9.84. The predicted molar refractivity (Wildman–Crippen MR) is 130 cm³/mol. The Labute approximate surface area is 204 Å². The minimum Gasteiger partial charge on any atom is -0.497 e. The maximum Gasteiger partial charge on any atom is 0.307 e. The van der Waals surface area contributed by atoms with Gasteiger partial charge in [0.2, 0.25) is 5.91 Å². The third-order valence-corrected chi connectivity index (χ3v) is 7.21. The average Bonchev–Trinajstić information content (AvgIpc) is 2.87. The zero-order valence-electron chi connectivity index (χ0n) is 19.8. The summed E-state index contributed by atoms with van der Waals surface area (Å²) in [7, 11) is -1.24. The van der Waals surface area contributed by atoms with Gasteiger partial charge in [0.15, 0.2) is 0 Å². The highest BCUT2D eigenvalue weighted by atomic mass is 32.2. The van der Waals surface area contributed by atoms with Crippen molar-refractivity contribution in [3.63, 3.8) is 0 Å². The molecule has 3 N–H and O–H groups in total. The third kappa shape index (κ3) is 6.30. The molecule has 1 aliphatic rings. The number of aliphatic carboxylic acids is 1. The van der Waals surface area contributed by atoms with Gasteiger partial charge in [-0.15, -0.1) is 0 Å². The van der Waals surface area contributed by atoms with Crippen LogP contribution in [0.1, 0.15) is 38.2 Å². The smallest absolute Gasteiger partial charge is 0.307 e. The minimum atomic E-state index is -4.03. The van der Waals surface area contributed by atoms with Crippen molar-refractivity contribution in [1.29, 1.82) is 0 Å². The topological polar surface area (TPSA) is 143 Å². The monoisotopic (exact) mass is 503 g/mol.